The number of aromatic nitrogens is 4. The molecule has 7 nitrogen and oxygen atoms in total. The van der Waals surface area contributed by atoms with E-state index in [0.29, 0.717) is 12.1 Å². The van der Waals surface area contributed by atoms with Crippen molar-refractivity contribution in [3.8, 4) is 17.1 Å². The first-order valence-electron chi connectivity index (χ1n) is 8.63. The van der Waals surface area contributed by atoms with Crippen LogP contribution in [0.4, 0.5) is 5.82 Å². The number of hydrogen-bond acceptors (Lipinski definition) is 6. The van der Waals surface area contributed by atoms with Crippen molar-refractivity contribution in [2.45, 2.75) is 24.9 Å². The number of pyridine rings is 1. The molecule has 0 radical (unpaired) electrons. The molecule has 0 amide bonds. The third-order valence-corrected chi connectivity index (χ3v) is 5.28. The zero-order chi connectivity index (χ0) is 16.8. The van der Waals surface area contributed by atoms with E-state index < -0.39 is 0 Å². The Morgan fingerprint density at radius 3 is 3.04 bits per heavy atom. The Balaban J connectivity index is 1.44. The molecule has 25 heavy (non-hydrogen) atoms. The maximum atomic E-state index is 5.26. The molecule has 3 aromatic heterocycles. The zero-order valence-electron chi connectivity index (χ0n) is 14.0. The van der Waals surface area contributed by atoms with E-state index in [1.165, 1.54) is 12.8 Å². The first kappa shape index (κ1) is 14.7. The molecule has 2 fully saturated rings. The third kappa shape index (κ3) is 2.51. The number of fused-ring (bicyclic) bond motifs is 3. The van der Waals surface area contributed by atoms with Crippen LogP contribution in [0.1, 0.15) is 12.8 Å². The number of nitrogens with zero attached hydrogens (tertiary/aromatic N) is 4. The van der Waals surface area contributed by atoms with Crippen LogP contribution in [-0.2, 0) is 0 Å². The molecule has 3 atom stereocenters. The highest BCUT2D eigenvalue weighted by atomic mass is 16.5. The van der Waals surface area contributed by atoms with Gasteiger partial charge in [0.25, 0.3) is 0 Å². The van der Waals surface area contributed by atoms with Crippen molar-refractivity contribution in [2.24, 2.45) is 5.92 Å². The normalized spacial score (nSPS) is 24.8. The van der Waals surface area contributed by atoms with Crippen LogP contribution < -0.4 is 15.4 Å². The van der Waals surface area contributed by atoms with E-state index >= 15 is 0 Å². The fraction of sp³-hybridized carbons (Fsp3) is 0.389. The fourth-order valence-electron chi connectivity index (χ4n) is 4.04. The molecule has 1 aliphatic heterocycles. The second kappa shape index (κ2) is 5.70. The number of methoxy groups -OCH3 is 1. The van der Waals surface area contributed by atoms with E-state index in [1.54, 1.807) is 19.5 Å². The van der Waals surface area contributed by atoms with Gasteiger partial charge in [-0.2, -0.15) is 0 Å². The number of rotatable bonds is 4. The Bertz CT molecular complexity index is 923. The molecule has 1 saturated carbocycles. The molecule has 2 N–H and O–H groups in total. The molecule has 2 bridgehead atoms. The minimum Gasteiger partial charge on any atom is -0.497 e. The van der Waals surface area contributed by atoms with E-state index in [1.807, 2.05) is 28.9 Å². The van der Waals surface area contributed by atoms with Crippen molar-refractivity contribution in [1.82, 2.24) is 24.7 Å². The first-order valence-corrected chi connectivity index (χ1v) is 8.63. The predicted octanol–water partition coefficient (Wildman–Crippen LogP) is 1.96. The van der Waals surface area contributed by atoms with Gasteiger partial charge in [-0.05, 0) is 31.4 Å². The van der Waals surface area contributed by atoms with Crippen LogP contribution in [0.5, 0.6) is 5.75 Å². The van der Waals surface area contributed by atoms with Crippen molar-refractivity contribution in [2.75, 3.05) is 19.0 Å². The molecule has 2 aliphatic rings. The van der Waals surface area contributed by atoms with E-state index in [-0.39, 0.29) is 0 Å². The van der Waals surface area contributed by atoms with Crippen LogP contribution in [0.25, 0.3) is 17.0 Å². The highest BCUT2D eigenvalue weighted by Crippen LogP contribution is 2.33. The quantitative estimate of drug-likeness (QED) is 0.758. The molecule has 5 rings (SSSR count). The van der Waals surface area contributed by atoms with Gasteiger partial charge in [0.1, 0.15) is 22.9 Å². The maximum Gasteiger partial charge on any atom is 0.145 e. The third-order valence-electron chi connectivity index (χ3n) is 5.28. The highest BCUT2D eigenvalue weighted by molar-refractivity contribution is 5.61. The van der Waals surface area contributed by atoms with Crippen LogP contribution in [0.2, 0.25) is 0 Å². The number of piperidine rings is 1. The van der Waals surface area contributed by atoms with Gasteiger partial charge in [-0.1, -0.05) is 0 Å². The monoisotopic (exact) mass is 336 g/mol. The summed E-state index contributed by atoms with van der Waals surface area (Å²) in [7, 11) is 1.65. The van der Waals surface area contributed by atoms with E-state index in [4.69, 9.17) is 9.72 Å². The molecule has 3 aromatic rings. The summed E-state index contributed by atoms with van der Waals surface area (Å²) in [6.07, 6.45) is 9.80. The van der Waals surface area contributed by atoms with Gasteiger partial charge in [0, 0.05) is 24.3 Å². The molecule has 4 heterocycles. The van der Waals surface area contributed by atoms with E-state index in [2.05, 4.69) is 20.6 Å². The van der Waals surface area contributed by atoms with Crippen molar-refractivity contribution in [3.63, 3.8) is 0 Å². The average molecular weight is 336 g/mol. The summed E-state index contributed by atoms with van der Waals surface area (Å²) in [5.74, 6) is 2.41. The topological polar surface area (TPSA) is 76.4 Å². The lowest BCUT2D eigenvalue weighted by molar-refractivity contribution is 0.414. The van der Waals surface area contributed by atoms with Crippen molar-refractivity contribution >= 4 is 11.5 Å². The first-order chi connectivity index (χ1) is 12.3. The van der Waals surface area contributed by atoms with Crippen molar-refractivity contribution in [3.05, 3.63) is 36.9 Å². The van der Waals surface area contributed by atoms with Gasteiger partial charge in [-0.15, -0.1) is 0 Å². The maximum absolute atomic E-state index is 5.26. The van der Waals surface area contributed by atoms with Crippen LogP contribution in [0.3, 0.4) is 0 Å². The Hall–Kier alpha value is -2.67. The predicted molar refractivity (Wildman–Crippen MR) is 94.7 cm³/mol. The lowest BCUT2D eigenvalue weighted by Crippen LogP contribution is -2.41. The van der Waals surface area contributed by atoms with Crippen molar-refractivity contribution in [1.29, 1.82) is 0 Å². The molecular formula is C18H20N6O. The van der Waals surface area contributed by atoms with E-state index in [9.17, 15) is 0 Å². The van der Waals surface area contributed by atoms with Crippen molar-refractivity contribution < 1.29 is 4.74 Å². The fourth-order valence-corrected chi connectivity index (χ4v) is 4.04. The van der Waals surface area contributed by atoms with Gasteiger partial charge >= 0.3 is 0 Å². The Morgan fingerprint density at radius 1 is 1.28 bits per heavy atom. The molecule has 0 spiro atoms. The second-order valence-corrected chi connectivity index (χ2v) is 6.83. The van der Waals surface area contributed by atoms with Crippen LogP contribution >= 0.6 is 0 Å². The molecule has 128 valence electrons. The number of ether oxygens (including phenoxy) is 1. The van der Waals surface area contributed by atoms with Gasteiger partial charge in [-0.25, -0.2) is 9.97 Å². The zero-order valence-corrected chi connectivity index (χ0v) is 14.0. The number of hydrogen-bond donors (Lipinski definition) is 2. The minimum absolute atomic E-state index is 0.440. The number of imidazole rings is 1. The SMILES string of the molecule is COc1ccn2c(-c3cncc(N[C@@H]4C[C@@H]5CN[C@H]4C5)n3)cnc2c1. The van der Waals surface area contributed by atoms with Gasteiger partial charge in [-0.3, -0.25) is 9.38 Å². The van der Waals surface area contributed by atoms with Gasteiger partial charge in [0.15, 0.2) is 0 Å². The number of nitrogens with one attached hydrogen (secondary N) is 2. The summed E-state index contributed by atoms with van der Waals surface area (Å²) in [5, 5.41) is 7.12. The smallest absolute Gasteiger partial charge is 0.145 e. The summed E-state index contributed by atoms with van der Waals surface area (Å²) in [5.41, 5.74) is 2.55. The Kier molecular flexibility index (Phi) is 3.34. The highest BCUT2D eigenvalue weighted by Gasteiger charge is 2.39. The molecule has 1 aliphatic carbocycles. The molecule has 1 saturated heterocycles. The molecule has 0 unspecified atom stereocenters. The summed E-state index contributed by atoms with van der Waals surface area (Å²) in [6.45, 7) is 1.15. The Labute approximate surface area is 145 Å². The van der Waals surface area contributed by atoms with Crippen LogP contribution in [0.15, 0.2) is 36.9 Å². The summed E-state index contributed by atoms with van der Waals surface area (Å²) < 4.78 is 7.25. The van der Waals surface area contributed by atoms with Gasteiger partial charge in [0.2, 0.25) is 0 Å². The van der Waals surface area contributed by atoms with E-state index in [0.717, 1.165) is 41.1 Å². The molecule has 0 aromatic carbocycles. The summed E-state index contributed by atoms with van der Waals surface area (Å²) in [6, 6.07) is 4.81. The largest absolute Gasteiger partial charge is 0.497 e. The Morgan fingerprint density at radius 2 is 2.24 bits per heavy atom. The lowest BCUT2D eigenvalue weighted by atomic mass is 10.1. The van der Waals surface area contributed by atoms with Crippen LogP contribution in [-0.4, -0.2) is 45.1 Å². The molecular weight excluding hydrogens is 316 g/mol. The minimum atomic E-state index is 0.440. The van der Waals surface area contributed by atoms with Gasteiger partial charge < -0.3 is 15.4 Å². The van der Waals surface area contributed by atoms with Crippen LogP contribution in [0, 0.1) is 5.92 Å². The molecule has 7 heteroatoms. The summed E-state index contributed by atoms with van der Waals surface area (Å²) >= 11 is 0. The average Bonchev–Trinajstić information content (AvgIpc) is 3.36. The second-order valence-electron chi connectivity index (χ2n) is 6.83. The lowest BCUT2D eigenvalue weighted by Gasteiger charge is -2.24. The summed E-state index contributed by atoms with van der Waals surface area (Å²) in [4.78, 5) is 13.6. The number of anilines is 1. The van der Waals surface area contributed by atoms with Gasteiger partial charge in [0.05, 0.1) is 31.4 Å². The standard InChI is InChI=1S/C18H20N6O/c1-25-12-2-3-24-16(9-21-18(24)6-12)15-8-19-10-17(23-15)22-14-5-11-4-13(14)20-7-11/h2-3,6,8-11,13-14,20H,4-5,7H2,1H3,(H,22,23)/t11-,13+,14-/m1/s1.